The summed E-state index contributed by atoms with van der Waals surface area (Å²) in [4.78, 5) is 15.7. The van der Waals surface area contributed by atoms with Crippen LogP contribution < -0.4 is 5.32 Å². The molecule has 1 aromatic rings. The number of nitrogens with one attached hydrogen (secondary N) is 1. The molecule has 0 aliphatic rings. The van der Waals surface area contributed by atoms with Crippen molar-refractivity contribution in [2.24, 2.45) is 0 Å². The minimum Gasteiger partial charge on any atom is -0.465 e. The highest BCUT2D eigenvalue weighted by molar-refractivity contribution is 7.98. The summed E-state index contributed by atoms with van der Waals surface area (Å²) < 4.78 is 4.66. The van der Waals surface area contributed by atoms with Gasteiger partial charge >= 0.3 is 5.97 Å². The predicted octanol–water partition coefficient (Wildman–Crippen LogP) is 1.70. The topological polar surface area (TPSA) is 71.5 Å². The molecule has 1 atom stereocenters. The smallest absolute Gasteiger partial charge is 0.339 e. The Hall–Kier alpha value is -1.27. The van der Waals surface area contributed by atoms with Crippen LogP contribution in [0.4, 0.5) is 5.82 Å². The number of carbonyl (C=O) groups is 1. The number of hydrogen-bond donors (Lipinski definition) is 2. The fourth-order valence-corrected chi connectivity index (χ4v) is 2.35. The van der Waals surface area contributed by atoms with Gasteiger partial charge in [-0.25, -0.2) is 9.78 Å². The van der Waals surface area contributed by atoms with Gasteiger partial charge in [-0.15, -0.1) is 0 Å². The van der Waals surface area contributed by atoms with E-state index in [4.69, 9.17) is 0 Å². The quantitative estimate of drug-likeness (QED) is 0.775. The van der Waals surface area contributed by atoms with Gasteiger partial charge in [0.05, 0.1) is 24.0 Å². The molecule has 0 aliphatic carbocycles. The molecule has 1 heterocycles. The maximum Gasteiger partial charge on any atom is 0.339 e. The van der Waals surface area contributed by atoms with Crippen molar-refractivity contribution in [3.63, 3.8) is 0 Å². The van der Waals surface area contributed by atoms with E-state index in [0.717, 1.165) is 0 Å². The van der Waals surface area contributed by atoms with E-state index < -0.39 is 11.6 Å². The van der Waals surface area contributed by atoms with Gasteiger partial charge in [-0.2, -0.15) is 11.8 Å². The SMILES string of the molecule is COC(=O)c1ccc(NCC(C)(O)CSC)nc1C. The molecule has 5 nitrogen and oxygen atoms in total. The lowest BCUT2D eigenvalue weighted by atomic mass is 10.1. The highest BCUT2D eigenvalue weighted by atomic mass is 32.2. The van der Waals surface area contributed by atoms with Gasteiger partial charge in [0.25, 0.3) is 0 Å². The molecule has 0 saturated heterocycles. The number of methoxy groups -OCH3 is 1. The van der Waals surface area contributed by atoms with Crippen molar-refractivity contribution < 1.29 is 14.6 Å². The number of pyridine rings is 1. The minimum absolute atomic E-state index is 0.397. The average Bonchev–Trinajstić information content (AvgIpc) is 2.36. The van der Waals surface area contributed by atoms with Gasteiger partial charge in [0.2, 0.25) is 0 Å². The van der Waals surface area contributed by atoms with Crippen molar-refractivity contribution in [2.75, 3.05) is 31.0 Å². The Morgan fingerprint density at radius 3 is 2.79 bits per heavy atom. The summed E-state index contributed by atoms with van der Waals surface area (Å²) in [5.41, 5.74) is 0.251. The molecule has 0 bridgehead atoms. The Labute approximate surface area is 117 Å². The third-order valence-electron chi connectivity index (χ3n) is 2.60. The first-order valence-electron chi connectivity index (χ1n) is 5.91. The number of carbonyl (C=O) groups excluding carboxylic acids is 1. The number of esters is 1. The lowest BCUT2D eigenvalue weighted by molar-refractivity contribution is 0.0599. The normalized spacial score (nSPS) is 13.7. The third-order valence-corrected chi connectivity index (χ3v) is 3.51. The second kappa shape index (κ2) is 6.77. The summed E-state index contributed by atoms with van der Waals surface area (Å²) >= 11 is 1.58. The lowest BCUT2D eigenvalue weighted by Crippen LogP contribution is -2.36. The van der Waals surface area contributed by atoms with E-state index in [1.165, 1.54) is 7.11 Å². The second-order valence-corrected chi connectivity index (χ2v) is 5.47. The molecule has 0 radical (unpaired) electrons. The van der Waals surface area contributed by atoms with Crippen molar-refractivity contribution >= 4 is 23.5 Å². The molecular formula is C13H20N2O3S. The number of rotatable bonds is 6. The van der Waals surface area contributed by atoms with Crippen molar-refractivity contribution in [3.8, 4) is 0 Å². The minimum atomic E-state index is -0.796. The summed E-state index contributed by atoms with van der Waals surface area (Å²) in [7, 11) is 1.34. The molecule has 0 spiro atoms. The Morgan fingerprint density at radius 2 is 2.26 bits per heavy atom. The van der Waals surface area contributed by atoms with Gasteiger partial charge < -0.3 is 15.2 Å². The van der Waals surface area contributed by atoms with Gasteiger partial charge in [0.1, 0.15) is 5.82 Å². The fraction of sp³-hybridized carbons (Fsp3) is 0.538. The van der Waals surface area contributed by atoms with E-state index in [1.807, 2.05) is 6.26 Å². The number of anilines is 1. The maximum absolute atomic E-state index is 11.4. The highest BCUT2D eigenvalue weighted by Gasteiger charge is 2.19. The number of thioether (sulfide) groups is 1. The first kappa shape index (κ1) is 15.8. The number of nitrogens with zero attached hydrogens (tertiary/aromatic N) is 1. The van der Waals surface area contributed by atoms with Crippen LogP contribution in [0.5, 0.6) is 0 Å². The zero-order valence-corrected chi connectivity index (χ0v) is 12.5. The zero-order valence-electron chi connectivity index (χ0n) is 11.7. The summed E-state index contributed by atoms with van der Waals surface area (Å²) in [6.45, 7) is 3.92. The molecule has 106 valence electrons. The molecular weight excluding hydrogens is 264 g/mol. The van der Waals surface area contributed by atoms with Crippen molar-refractivity contribution in [3.05, 3.63) is 23.4 Å². The Balaban J connectivity index is 2.71. The van der Waals surface area contributed by atoms with Crippen molar-refractivity contribution in [1.29, 1.82) is 0 Å². The molecule has 19 heavy (non-hydrogen) atoms. The van der Waals surface area contributed by atoms with E-state index in [1.54, 1.807) is 37.7 Å². The van der Waals surface area contributed by atoms with Crippen LogP contribution in [-0.4, -0.2) is 47.3 Å². The number of aryl methyl sites for hydroxylation is 1. The summed E-state index contributed by atoms with van der Waals surface area (Å²) in [6.07, 6.45) is 1.95. The molecule has 6 heteroatoms. The molecule has 1 aromatic heterocycles. The van der Waals surface area contributed by atoms with Crippen LogP contribution in [0.1, 0.15) is 23.0 Å². The van der Waals surface area contributed by atoms with Crippen LogP contribution in [0, 0.1) is 6.92 Å². The highest BCUT2D eigenvalue weighted by Crippen LogP contribution is 2.14. The largest absolute Gasteiger partial charge is 0.465 e. The van der Waals surface area contributed by atoms with Crippen molar-refractivity contribution in [1.82, 2.24) is 4.98 Å². The Bertz CT molecular complexity index is 450. The first-order valence-corrected chi connectivity index (χ1v) is 7.30. The number of aliphatic hydroxyl groups is 1. The van der Waals surface area contributed by atoms with E-state index in [-0.39, 0.29) is 0 Å². The summed E-state index contributed by atoms with van der Waals surface area (Å²) in [5.74, 6) is 0.872. The molecule has 0 amide bonds. The summed E-state index contributed by atoms with van der Waals surface area (Å²) in [6, 6.07) is 3.37. The monoisotopic (exact) mass is 284 g/mol. The Morgan fingerprint density at radius 1 is 1.58 bits per heavy atom. The zero-order chi connectivity index (χ0) is 14.5. The molecule has 0 aliphatic heterocycles. The van der Waals surface area contributed by atoms with E-state index in [0.29, 0.717) is 29.4 Å². The first-order chi connectivity index (χ1) is 8.89. The van der Waals surface area contributed by atoms with Crippen LogP contribution >= 0.6 is 11.8 Å². The third kappa shape index (κ3) is 4.72. The maximum atomic E-state index is 11.4. The molecule has 2 N–H and O–H groups in total. The van der Waals surface area contributed by atoms with Crippen LogP contribution in [0.3, 0.4) is 0 Å². The molecule has 0 fully saturated rings. The van der Waals surface area contributed by atoms with Crippen molar-refractivity contribution in [2.45, 2.75) is 19.4 Å². The standard InChI is InChI=1S/C13H20N2O3S/c1-9-10(12(16)18-3)5-6-11(15-9)14-7-13(2,17)8-19-4/h5-6,17H,7-8H2,1-4H3,(H,14,15). The number of ether oxygens (including phenoxy) is 1. The van der Waals surface area contributed by atoms with Gasteiger partial charge in [-0.05, 0) is 32.2 Å². The van der Waals surface area contributed by atoms with E-state index in [9.17, 15) is 9.90 Å². The van der Waals surface area contributed by atoms with Gasteiger partial charge in [-0.1, -0.05) is 0 Å². The van der Waals surface area contributed by atoms with Crippen LogP contribution in [0.2, 0.25) is 0 Å². The van der Waals surface area contributed by atoms with Crippen LogP contribution in [0.15, 0.2) is 12.1 Å². The van der Waals surface area contributed by atoms with Crippen LogP contribution in [-0.2, 0) is 4.74 Å². The second-order valence-electron chi connectivity index (χ2n) is 4.60. The van der Waals surface area contributed by atoms with Crippen LogP contribution in [0.25, 0.3) is 0 Å². The lowest BCUT2D eigenvalue weighted by Gasteiger charge is -2.23. The number of hydrogen-bond acceptors (Lipinski definition) is 6. The fourth-order valence-electron chi connectivity index (χ4n) is 1.63. The average molecular weight is 284 g/mol. The van der Waals surface area contributed by atoms with Gasteiger partial charge in [0, 0.05) is 12.3 Å². The molecule has 0 saturated carbocycles. The Kier molecular flexibility index (Phi) is 5.62. The molecule has 0 aromatic carbocycles. The molecule has 1 unspecified atom stereocenters. The van der Waals surface area contributed by atoms with E-state index >= 15 is 0 Å². The van der Waals surface area contributed by atoms with Gasteiger partial charge in [-0.3, -0.25) is 0 Å². The van der Waals surface area contributed by atoms with Gasteiger partial charge in [0.15, 0.2) is 0 Å². The molecule has 1 rings (SSSR count). The summed E-state index contributed by atoms with van der Waals surface area (Å²) in [5, 5.41) is 13.1. The van der Waals surface area contributed by atoms with E-state index in [2.05, 4.69) is 15.0 Å². The predicted molar refractivity (Wildman–Crippen MR) is 77.8 cm³/mol. The number of aromatic nitrogens is 1.